The van der Waals surface area contributed by atoms with Crippen LogP contribution in [0.3, 0.4) is 0 Å². The van der Waals surface area contributed by atoms with E-state index in [1.54, 1.807) is 0 Å². The topological polar surface area (TPSA) is 70.5 Å². The van der Waals surface area contributed by atoms with E-state index < -0.39 is 0 Å². The smallest absolute Gasteiger partial charge is 0.224 e. The molecule has 0 unspecified atom stereocenters. The molecule has 4 rings (SSSR count). The number of aromatic nitrogens is 2. The molecule has 0 radical (unpaired) electrons. The van der Waals surface area contributed by atoms with Crippen LogP contribution in [0.15, 0.2) is 6.07 Å². The Kier molecular flexibility index (Phi) is 4.59. The zero-order chi connectivity index (χ0) is 16.4. The Morgan fingerprint density at radius 2 is 2.17 bits per heavy atom. The van der Waals surface area contributed by atoms with E-state index in [0.29, 0.717) is 23.8 Å². The third-order valence-corrected chi connectivity index (χ3v) is 5.90. The lowest BCUT2D eigenvalue weighted by molar-refractivity contribution is 0.193. The van der Waals surface area contributed by atoms with Crippen molar-refractivity contribution in [1.82, 2.24) is 9.97 Å². The number of hydrogen-bond donors (Lipinski definition) is 2. The van der Waals surface area contributed by atoms with Gasteiger partial charge in [-0.15, -0.1) is 0 Å². The number of nitrogens with one attached hydrogen (secondary N) is 1. The maximum absolute atomic E-state index is 9.08. The third kappa shape index (κ3) is 3.22. The quantitative estimate of drug-likeness (QED) is 0.861. The number of anilines is 2. The summed E-state index contributed by atoms with van der Waals surface area (Å²) in [6, 6.07) is 2.16. The fourth-order valence-corrected chi connectivity index (χ4v) is 4.50. The van der Waals surface area contributed by atoms with Gasteiger partial charge in [-0.05, 0) is 31.1 Å². The van der Waals surface area contributed by atoms with Crippen molar-refractivity contribution < 1.29 is 9.84 Å². The summed E-state index contributed by atoms with van der Waals surface area (Å²) in [7, 11) is 0. The molecular formula is C18H28N4O2. The molecule has 3 fully saturated rings. The van der Waals surface area contributed by atoms with Gasteiger partial charge in [0.05, 0.1) is 18.9 Å². The Bertz CT molecular complexity index is 568. The van der Waals surface area contributed by atoms with Gasteiger partial charge in [-0.2, -0.15) is 4.98 Å². The first-order valence-electron chi connectivity index (χ1n) is 9.34. The summed E-state index contributed by atoms with van der Waals surface area (Å²) in [5.41, 5.74) is 1.60. The Morgan fingerprint density at radius 1 is 1.29 bits per heavy atom. The zero-order valence-electron chi connectivity index (χ0n) is 14.3. The molecular weight excluding hydrogens is 304 g/mol. The monoisotopic (exact) mass is 332 g/mol. The van der Waals surface area contributed by atoms with Crippen molar-refractivity contribution in [1.29, 1.82) is 0 Å². The van der Waals surface area contributed by atoms with Crippen LogP contribution < -0.4 is 10.2 Å². The van der Waals surface area contributed by atoms with Gasteiger partial charge in [-0.3, -0.25) is 0 Å². The predicted molar refractivity (Wildman–Crippen MR) is 93.5 cm³/mol. The van der Waals surface area contributed by atoms with Crippen LogP contribution in [0, 0.1) is 5.41 Å². The molecule has 6 heteroatoms. The van der Waals surface area contributed by atoms with Crippen molar-refractivity contribution in [2.75, 3.05) is 49.7 Å². The van der Waals surface area contributed by atoms with E-state index in [-0.39, 0.29) is 6.61 Å². The molecule has 0 bridgehead atoms. The van der Waals surface area contributed by atoms with Crippen molar-refractivity contribution >= 4 is 11.8 Å². The molecule has 2 saturated heterocycles. The normalized spacial score (nSPS) is 25.7. The van der Waals surface area contributed by atoms with Crippen molar-refractivity contribution in [3.05, 3.63) is 11.8 Å². The molecule has 3 aliphatic rings. The number of nitrogens with zero attached hydrogens (tertiary/aromatic N) is 3. The van der Waals surface area contributed by atoms with Gasteiger partial charge in [-0.25, -0.2) is 4.98 Å². The van der Waals surface area contributed by atoms with Gasteiger partial charge < -0.3 is 20.1 Å². The molecule has 24 heavy (non-hydrogen) atoms. The highest BCUT2D eigenvalue weighted by atomic mass is 16.5. The first kappa shape index (κ1) is 16.1. The van der Waals surface area contributed by atoms with E-state index in [2.05, 4.69) is 21.3 Å². The average molecular weight is 332 g/mol. The van der Waals surface area contributed by atoms with E-state index in [1.165, 1.54) is 32.1 Å². The Hall–Kier alpha value is -1.40. The highest BCUT2D eigenvalue weighted by Crippen LogP contribution is 2.46. The van der Waals surface area contributed by atoms with Crippen LogP contribution in [0.1, 0.15) is 50.1 Å². The summed E-state index contributed by atoms with van der Waals surface area (Å²) < 4.78 is 5.54. The molecule has 1 aromatic heterocycles. The number of hydrogen-bond acceptors (Lipinski definition) is 6. The highest BCUT2D eigenvalue weighted by molar-refractivity contribution is 5.47. The first-order chi connectivity index (χ1) is 11.8. The number of ether oxygens (including phenoxy) is 1. The van der Waals surface area contributed by atoms with Gasteiger partial charge in [0.2, 0.25) is 5.95 Å². The molecule has 0 aromatic carbocycles. The molecule has 132 valence electrons. The summed E-state index contributed by atoms with van der Waals surface area (Å²) in [6.45, 7) is 4.35. The predicted octanol–water partition coefficient (Wildman–Crippen LogP) is 2.16. The minimum absolute atomic E-state index is 0.0856. The fourth-order valence-electron chi connectivity index (χ4n) is 4.50. The van der Waals surface area contributed by atoms with E-state index >= 15 is 0 Å². The van der Waals surface area contributed by atoms with Crippen LogP contribution in [0.5, 0.6) is 0 Å². The summed E-state index contributed by atoms with van der Waals surface area (Å²) >= 11 is 0. The van der Waals surface area contributed by atoms with Gasteiger partial charge in [0.25, 0.3) is 0 Å². The van der Waals surface area contributed by atoms with E-state index in [4.69, 9.17) is 14.8 Å². The standard InChI is InChI=1S/C18H28N4O2/c23-9-7-19-17-20-15(14-3-10-24-12-14)11-16(21-17)22-8-6-18(13-22)4-1-2-5-18/h11,14,23H,1-10,12-13H2,(H,19,20,21)/t14-/m1/s1. The molecule has 1 atom stereocenters. The first-order valence-corrected chi connectivity index (χ1v) is 9.34. The molecule has 3 heterocycles. The molecule has 1 spiro atoms. The Morgan fingerprint density at radius 3 is 2.92 bits per heavy atom. The molecule has 1 saturated carbocycles. The van der Waals surface area contributed by atoms with Gasteiger partial charge >= 0.3 is 0 Å². The third-order valence-electron chi connectivity index (χ3n) is 5.90. The van der Waals surface area contributed by atoms with Crippen molar-refractivity contribution in [3.63, 3.8) is 0 Å². The van der Waals surface area contributed by atoms with E-state index in [9.17, 15) is 0 Å². The van der Waals surface area contributed by atoms with Crippen LogP contribution in [0.4, 0.5) is 11.8 Å². The lowest BCUT2D eigenvalue weighted by atomic mass is 9.86. The molecule has 1 aliphatic carbocycles. The van der Waals surface area contributed by atoms with Gasteiger partial charge in [-0.1, -0.05) is 12.8 Å². The molecule has 2 aliphatic heterocycles. The lowest BCUT2D eigenvalue weighted by Gasteiger charge is -2.25. The highest BCUT2D eigenvalue weighted by Gasteiger charge is 2.40. The van der Waals surface area contributed by atoms with Gasteiger partial charge in [0, 0.05) is 38.2 Å². The van der Waals surface area contributed by atoms with Crippen molar-refractivity contribution in [2.45, 2.75) is 44.4 Å². The van der Waals surface area contributed by atoms with Gasteiger partial charge in [0.15, 0.2) is 0 Å². The second kappa shape index (κ2) is 6.84. The zero-order valence-corrected chi connectivity index (χ0v) is 14.3. The summed E-state index contributed by atoms with van der Waals surface area (Å²) in [5.74, 6) is 2.04. The number of aliphatic hydroxyl groups is 1. The second-order valence-electron chi connectivity index (χ2n) is 7.56. The van der Waals surface area contributed by atoms with Crippen molar-refractivity contribution in [2.24, 2.45) is 5.41 Å². The van der Waals surface area contributed by atoms with Crippen LogP contribution in [-0.2, 0) is 4.74 Å². The largest absolute Gasteiger partial charge is 0.395 e. The average Bonchev–Trinajstić information content (AvgIpc) is 3.36. The SMILES string of the molecule is OCCNc1nc([C@@H]2CCOC2)cc(N2CCC3(CCCC3)C2)n1. The maximum Gasteiger partial charge on any atom is 0.224 e. The Balaban J connectivity index is 1.57. The second-order valence-corrected chi connectivity index (χ2v) is 7.56. The molecule has 6 nitrogen and oxygen atoms in total. The van der Waals surface area contributed by atoms with Crippen LogP contribution >= 0.6 is 0 Å². The number of aliphatic hydroxyl groups excluding tert-OH is 1. The van der Waals surface area contributed by atoms with E-state index in [0.717, 1.165) is 44.2 Å². The molecule has 2 N–H and O–H groups in total. The fraction of sp³-hybridized carbons (Fsp3) is 0.778. The minimum Gasteiger partial charge on any atom is -0.395 e. The summed E-state index contributed by atoms with van der Waals surface area (Å²) in [5, 5.41) is 12.2. The van der Waals surface area contributed by atoms with Crippen LogP contribution in [0.2, 0.25) is 0 Å². The summed E-state index contributed by atoms with van der Waals surface area (Å²) in [4.78, 5) is 11.8. The van der Waals surface area contributed by atoms with Crippen LogP contribution in [-0.4, -0.2) is 54.5 Å². The van der Waals surface area contributed by atoms with Crippen molar-refractivity contribution in [3.8, 4) is 0 Å². The minimum atomic E-state index is 0.0856. The molecule has 0 amide bonds. The Labute approximate surface area is 143 Å². The molecule has 1 aromatic rings. The van der Waals surface area contributed by atoms with Gasteiger partial charge in [0.1, 0.15) is 5.82 Å². The van der Waals surface area contributed by atoms with Crippen LogP contribution in [0.25, 0.3) is 0 Å². The maximum atomic E-state index is 9.08. The summed E-state index contributed by atoms with van der Waals surface area (Å²) in [6.07, 6.45) is 7.82. The van der Waals surface area contributed by atoms with E-state index in [1.807, 2.05) is 0 Å². The number of rotatable bonds is 5. The lowest BCUT2D eigenvalue weighted by Crippen LogP contribution is -2.26.